The lowest BCUT2D eigenvalue weighted by Crippen LogP contribution is -2.28. The minimum absolute atomic E-state index is 0.264. The van der Waals surface area contributed by atoms with Crippen LogP contribution in [-0.2, 0) is 9.53 Å². The van der Waals surface area contributed by atoms with Crippen LogP contribution in [-0.4, -0.2) is 25.7 Å². The van der Waals surface area contributed by atoms with Crippen molar-refractivity contribution >= 4 is 5.91 Å². The van der Waals surface area contributed by atoms with E-state index in [4.69, 9.17) is 4.74 Å². The Balaban J connectivity index is 1.21. The van der Waals surface area contributed by atoms with Gasteiger partial charge in [-0.3, -0.25) is 4.79 Å². The van der Waals surface area contributed by atoms with E-state index in [9.17, 15) is 4.79 Å². The van der Waals surface area contributed by atoms with Crippen LogP contribution in [0.25, 0.3) is 0 Å². The molecule has 0 aromatic heterocycles. The predicted molar refractivity (Wildman–Crippen MR) is 74.7 cm³/mol. The fraction of sp³-hybridized carbons (Fsp3) is 0.938. The van der Waals surface area contributed by atoms with Gasteiger partial charge in [0.15, 0.2) is 0 Å². The molecule has 0 heterocycles. The van der Waals surface area contributed by atoms with E-state index in [2.05, 4.69) is 5.32 Å². The Morgan fingerprint density at radius 1 is 1.16 bits per heavy atom. The molecule has 3 rings (SSSR count). The van der Waals surface area contributed by atoms with Crippen LogP contribution in [0.4, 0.5) is 0 Å². The molecule has 3 nitrogen and oxygen atoms in total. The molecule has 1 N–H and O–H groups in total. The first kappa shape index (κ1) is 13.4. The van der Waals surface area contributed by atoms with Gasteiger partial charge >= 0.3 is 0 Å². The monoisotopic (exact) mass is 265 g/mol. The van der Waals surface area contributed by atoms with Gasteiger partial charge in [0, 0.05) is 26.2 Å². The molecule has 19 heavy (non-hydrogen) atoms. The summed E-state index contributed by atoms with van der Waals surface area (Å²) in [5.41, 5.74) is 0. The van der Waals surface area contributed by atoms with Crippen molar-refractivity contribution in [1.29, 1.82) is 0 Å². The number of carbonyl (C=O) groups is 1. The van der Waals surface area contributed by atoms with E-state index in [1.807, 2.05) is 0 Å². The summed E-state index contributed by atoms with van der Waals surface area (Å²) in [5.74, 6) is 3.59. The molecular formula is C16H27NO2. The third-order valence-electron chi connectivity index (χ3n) is 5.17. The molecule has 2 bridgehead atoms. The maximum atomic E-state index is 11.9. The van der Waals surface area contributed by atoms with Crippen molar-refractivity contribution in [2.45, 2.75) is 51.4 Å². The van der Waals surface area contributed by atoms with Gasteiger partial charge in [0.1, 0.15) is 0 Å². The van der Waals surface area contributed by atoms with E-state index in [-0.39, 0.29) is 5.91 Å². The number of carbonyl (C=O) groups excluding carboxylic acids is 1. The average molecular weight is 265 g/mol. The van der Waals surface area contributed by atoms with E-state index in [1.54, 1.807) is 0 Å². The number of rotatable bonds is 8. The summed E-state index contributed by atoms with van der Waals surface area (Å²) in [7, 11) is 0. The minimum Gasteiger partial charge on any atom is -0.381 e. The molecule has 3 heteroatoms. The van der Waals surface area contributed by atoms with Gasteiger partial charge in [0.25, 0.3) is 0 Å². The van der Waals surface area contributed by atoms with Crippen LogP contribution in [0.2, 0.25) is 0 Å². The zero-order chi connectivity index (χ0) is 13.1. The zero-order valence-corrected chi connectivity index (χ0v) is 11.9. The van der Waals surface area contributed by atoms with Gasteiger partial charge in [-0.25, -0.2) is 0 Å². The van der Waals surface area contributed by atoms with Gasteiger partial charge < -0.3 is 10.1 Å². The van der Waals surface area contributed by atoms with Gasteiger partial charge in [-0.2, -0.15) is 0 Å². The van der Waals surface area contributed by atoms with Crippen LogP contribution in [0, 0.1) is 23.7 Å². The van der Waals surface area contributed by atoms with Gasteiger partial charge in [-0.1, -0.05) is 6.42 Å². The Morgan fingerprint density at radius 3 is 2.74 bits per heavy atom. The Hall–Kier alpha value is -0.570. The topological polar surface area (TPSA) is 38.3 Å². The Labute approximate surface area is 116 Å². The van der Waals surface area contributed by atoms with Gasteiger partial charge in [-0.15, -0.1) is 0 Å². The second kappa shape index (κ2) is 6.25. The fourth-order valence-electron chi connectivity index (χ4n) is 3.87. The molecule has 3 aliphatic carbocycles. The van der Waals surface area contributed by atoms with Crippen molar-refractivity contribution in [1.82, 2.24) is 5.32 Å². The lowest BCUT2D eigenvalue weighted by atomic mass is 9.86. The average Bonchev–Trinajstić information content (AvgIpc) is 2.99. The highest BCUT2D eigenvalue weighted by atomic mass is 16.5. The number of hydrogen-bond donors (Lipinski definition) is 1. The Kier molecular flexibility index (Phi) is 4.42. The van der Waals surface area contributed by atoms with Crippen LogP contribution < -0.4 is 5.32 Å². The molecule has 0 aromatic carbocycles. The van der Waals surface area contributed by atoms with Crippen LogP contribution in [0.1, 0.15) is 51.4 Å². The van der Waals surface area contributed by atoms with Crippen LogP contribution in [0.15, 0.2) is 0 Å². The lowest BCUT2D eigenvalue weighted by Gasteiger charge is -2.20. The van der Waals surface area contributed by atoms with Crippen LogP contribution in [0.3, 0.4) is 0 Å². The third kappa shape index (κ3) is 3.95. The molecule has 3 aliphatic rings. The summed E-state index contributed by atoms with van der Waals surface area (Å²) >= 11 is 0. The second-order valence-electron chi connectivity index (χ2n) is 6.86. The summed E-state index contributed by atoms with van der Waals surface area (Å²) < 4.78 is 5.56. The van der Waals surface area contributed by atoms with Crippen molar-refractivity contribution in [2.75, 3.05) is 19.8 Å². The summed E-state index contributed by atoms with van der Waals surface area (Å²) in [6.45, 7) is 2.51. The highest BCUT2D eigenvalue weighted by Gasteiger charge is 2.39. The molecule has 0 aromatic rings. The maximum Gasteiger partial charge on any atom is 0.220 e. The molecule has 0 saturated heterocycles. The van der Waals surface area contributed by atoms with E-state index in [0.29, 0.717) is 5.92 Å². The molecule has 0 radical (unpaired) electrons. The van der Waals surface area contributed by atoms with E-state index < -0.39 is 0 Å². The first-order valence-electron chi connectivity index (χ1n) is 8.15. The molecule has 108 valence electrons. The summed E-state index contributed by atoms with van der Waals surface area (Å²) in [6.07, 6.45) is 9.91. The van der Waals surface area contributed by atoms with Crippen molar-refractivity contribution < 1.29 is 9.53 Å². The minimum atomic E-state index is 0.264. The molecule has 3 saturated carbocycles. The normalized spacial score (nSPS) is 32.7. The molecule has 0 spiro atoms. The number of hydrogen-bond acceptors (Lipinski definition) is 2. The predicted octanol–water partition coefficient (Wildman–Crippen LogP) is 2.75. The Bertz CT molecular complexity index is 314. The standard InChI is InChI=1S/C16H27NO2/c18-16(10-15-9-13-4-5-14(15)8-13)17-6-1-7-19-11-12-2-3-12/h12-15H,1-11H2,(H,17,18). The SMILES string of the molecule is O=C(CC1CC2CCC1C2)NCCCOCC1CC1. The first-order chi connectivity index (χ1) is 9.31. The number of ether oxygens (including phenoxy) is 1. The van der Waals surface area contributed by atoms with Gasteiger partial charge in [0.05, 0.1) is 0 Å². The molecule has 3 fully saturated rings. The van der Waals surface area contributed by atoms with Gasteiger partial charge in [0.2, 0.25) is 5.91 Å². The van der Waals surface area contributed by atoms with Crippen molar-refractivity contribution in [3.8, 4) is 0 Å². The third-order valence-corrected chi connectivity index (χ3v) is 5.17. The smallest absolute Gasteiger partial charge is 0.220 e. The van der Waals surface area contributed by atoms with Crippen molar-refractivity contribution in [3.05, 3.63) is 0 Å². The molecule has 1 amide bonds. The van der Waals surface area contributed by atoms with Crippen LogP contribution in [0.5, 0.6) is 0 Å². The largest absolute Gasteiger partial charge is 0.381 e. The highest BCUT2D eigenvalue weighted by molar-refractivity contribution is 5.76. The van der Waals surface area contributed by atoms with E-state index in [0.717, 1.165) is 50.4 Å². The van der Waals surface area contributed by atoms with E-state index in [1.165, 1.54) is 38.5 Å². The summed E-state index contributed by atoms with van der Waals surface area (Å²) in [6, 6.07) is 0. The molecule has 0 aliphatic heterocycles. The molecule has 3 unspecified atom stereocenters. The van der Waals surface area contributed by atoms with Crippen molar-refractivity contribution in [2.24, 2.45) is 23.7 Å². The zero-order valence-electron chi connectivity index (χ0n) is 11.9. The molecular weight excluding hydrogens is 238 g/mol. The Morgan fingerprint density at radius 2 is 2.05 bits per heavy atom. The molecule has 3 atom stereocenters. The van der Waals surface area contributed by atoms with E-state index >= 15 is 0 Å². The van der Waals surface area contributed by atoms with Gasteiger partial charge in [-0.05, 0) is 62.2 Å². The number of nitrogens with one attached hydrogen (secondary N) is 1. The number of amides is 1. The number of fused-ring (bicyclic) bond motifs is 2. The van der Waals surface area contributed by atoms with Crippen molar-refractivity contribution in [3.63, 3.8) is 0 Å². The second-order valence-corrected chi connectivity index (χ2v) is 6.86. The highest BCUT2D eigenvalue weighted by Crippen LogP contribution is 2.49. The van der Waals surface area contributed by atoms with Crippen LogP contribution >= 0.6 is 0 Å². The first-order valence-corrected chi connectivity index (χ1v) is 8.15. The maximum absolute atomic E-state index is 11.9. The fourth-order valence-corrected chi connectivity index (χ4v) is 3.87. The lowest BCUT2D eigenvalue weighted by molar-refractivity contribution is -0.122. The quantitative estimate of drug-likeness (QED) is 0.685. The summed E-state index contributed by atoms with van der Waals surface area (Å²) in [4.78, 5) is 11.9. The summed E-state index contributed by atoms with van der Waals surface area (Å²) in [5, 5.41) is 3.05.